The Morgan fingerprint density at radius 1 is 1.11 bits per heavy atom. The molecule has 2 N–H and O–H groups in total. The number of hydrogen-bond acceptors (Lipinski definition) is 7. The molecule has 5 heterocycles. The van der Waals surface area contributed by atoms with E-state index in [2.05, 4.69) is 75.7 Å². The van der Waals surface area contributed by atoms with Crippen LogP contribution >= 0.6 is 0 Å². The number of aromatic nitrogens is 3. The highest BCUT2D eigenvalue weighted by atomic mass is 15.3. The van der Waals surface area contributed by atoms with E-state index in [-0.39, 0.29) is 11.1 Å². The molecule has 1 unspecified atom stereocenters. The first-order valence-electron chi connectivity index (χ1n) is 13.7. The predicted molar refractivity (Wildman–Crippen MR) is 147 cm³/mol. The number of fused-ring (bicyclic) bond motifs is 4. The SMILES string of the molecule is C=C1NCC2(CCCCC2)n2c1cc1cnc(NC3=CCC(C)(N4CCN(C(C)C)CC4)C=N3)nc12. The van der Waals surface area contributed by atoms with Crippen LogP contribution in [0.25, 0.3) is 16.7 Å². The van der Waals surface area contributed by atoms with Crippen molar-refractivity contribution in [2.24, 2.45) is 4.99 Å². The Kier molecular flexibility index (Phi) is 5.91. The first-order valence-corrected chi connectivity index (χ1v) is 13.7. The summed E-state index contributed by atoms with van der Waals surface area (Å²) in [6.45, 7) is 16.5. The van der Waals surface area contributed by atoms with E-state index in [1.807, 2.05) is 6.20 Å². The number of nitrogens with zero attached hydrogens (tertiary/aromatic N) is 6. The normalized spacial score (nSPS) is 26.8. The topological polar surface area (TPSA) is 73.6 Å². The van der Waals surface area contributed by atoms with Gasteiger partial charge in [0.15, 0.2) is 0 Å². The first kappa shape index (κ1) is 23.7. The Morgan fingerprint density at radius 2 is 1.89 bits per heavy atom. The molecule has 1 saturated carbocycles. The summed E-state index contributed by atoms with van der Waals surface area (Å²) in [6.07, 6.45) is 13.4. The van der Waals surface area contributed by atoms with Crippen LogP contribution in [-0.4, -0.2) is 74.9 Å². The van der Waals surface area contributed by atoms with Crippen LogP contribution in [0.15, 0.2) is 35.7 Å². The van der Waals surface area contributed by atoms with Gasteiger partial charge in [-0.2, -0.15) is 4.98 Å². The standard InChI is InChI=1S/C28H40N8/c1-20(2)34-12-14-35(15-13-34)27(4)11-8-24(31-18-27)32-26-29-17-22-16-23-21(3)30-19-28(9-6-5-7-10-28)36(23)25(22)33-26/h8,16-18,20,30H,3,5-7,9-15,19H2,1-2,4H3,(H,29,32,33). The third-order valence-electron chi connectivity index (χ3n) is 8.94. The Hall–Kier alpha value is -2.71. The molecule has 0 bridgehead atoms. The number of anilines is 1. The maximum Gasteiger partial charge on any atom is 0.230 e. The average Bonchev–Trinajstić information content (AvgIpc) is 3.29. The molecule has 2 aromatic heterocycles. The molecule has 3 aliphatic heterocycles. The van der Waals surface area contributed by atoms with Gasteiger partial charge >= 0.3 is 0 Å². The van der Waals surface area contributed by atoms with Gasteiger partial charge in [-0.3, -0.25) is 9.80 Å². The van der Waals surface area contributed by atoms with Crippen molar-refractivity contribution in [1.29, 1.82) is 0 Å². The van der Waals surface area contributed by atoms with Crippen LogP contribution in [0.5, 0.6) is 0 Å². The van der Waals surface area contributed by atoms with Gasteiger partial charge < -0.3 is 15.2 Å². The lowest BCUT2D eigenvalue weighted by Crippen LogP contribution is -2.58. The third kappa shape index (κ3) is 4.04. The lowest BCUT2D eigenvalue weighted by Gasteiger charge is -2.45. The van der Waals surface area contributed by atoms with E-state index >= 15 is 0 Å². The fourth-order valence-electron chi connectivity index (χ4n) is 6.58. The molecule has 8 heteroatoms. The highest BCUT2D eigenvalue weighted by molar-refractivity contribution is 5.84. The lowest BCUT2D eigenvalue weighted by molar-refractivity contribution is 0.0644. The third-order valence-corrected chi connectivity index (χ3v) is 8.94. The summed E-state index contributed by atoms with van der Waals surface area (Å²) in [5.41, 5.74) is 3.16. The molecular formula is C28H40N8. The molecule has 6 rings (SSSR count). The number of nitrogens with one attached hydrogen (secondary N) is 2. The number of hydrogen-bond donors (Lipinski definition) is 2. The van der Waals surface area contributed by atoms with Crippen LogP contribution < -0.4 is 10.6 Å². The zero-order chi connectivity index (χ0) is 24.9. The van der Waals surface area contributed by atoms with Gasteiger partial charge in [0, 0.05) is 56.6 Å². The minimum absolute atomic E-state index is 0.0413. The number of piperazine rings is 1. The zero-order valence-corrected chi connectivity index (χ0v) is 22.1. The van der Waals surface area contributed by atoms with Gasteiger partial charge in [-0.15, -0.1) is 0 Å². The Labute approximate surface area is 214 Å². The van der Waals surface area contributed by atoms with Gasteiger partial charge in [-0.05, 0) is 52.2 Å². The highest BCUT2D eigenvalue weighted by Gasteiger charge is 2.40. The maximum absolute atomic E-state index is 5.02. The summed E-state index contributed by atoms with van der Waals surface area (Å²) in [5, 5.41) is 8.04. The number of rotatable bonds is 4. The van der Waals surface area contributed by atoms with E-state index in [0.717, 1.165) is 67.4 Å². The molecule has 0 amide bonds. The van der Waals surface area contributed by atoms with E-state index in [0.29, 0.717) is 12.0 Å². The second-order valence-corrected chi connectivity index (χ2v) is 11.6. The quantitative estimate of drug-likeness (QED) is 0.673. The van der Waals surface area contributed by atoms with Gasteiger partial charge in [-0.25, -0.2) is 9.98 Å². The molecule has 36 heavy (non-hydrogen) atoms. The Bertz CT molecular complexity index is 1210. The van der Waals surface area contributed by atoms with Gasteiger partial charge in [0.25, 0.3) is 0 Å². The molecule has 1 aliphatic carbocycles. The Balaban J connectivity index is 1.21. The zero-order valence-electron chi connectivity index (χ0n) is 22.1. The van der Waals surface area contributed by atoms with E-state index in [9.17, 15) is 0 Å². The smallest absolute Gasteiger partial charge is 0.230 e. The fraction of sp³-hybridized carbons (Fsp3) is 0.607. The van der Waals surface area contributed by atoms with Crippen LogP contribution in [0.3, 0.4) is 0 Å². The van der Waals surface area contributed by atoms with E-state index in [1.54, 1.807) is 0 Å². The summed E-state index contributed by atoms with van der Waals surface area (Å²) < 4.78 is 2.46. The molecule has 4 aliphatic rings. The van der Waals surface area contributed by atoms with Crippen LogP contribution in [0.1, 0.15) is 65.0 Å². The summed E-state index contributed by atoms with van der Waals surface area (Å²) in [5.74, 6) is 1.44. The monoisotopic (exact) mass is 488 g/mol. The van der Waals surface area contributed by atoms with E-state index in [1.165, 1.54) is 32.1 Å². The van der Waals surface area contributed by atoms with Gasteiger partial charge in [0.1, 0.15) is 11.5 Å². The summed E-state index contributed by atoms with van der Waals surface area (Å²) >= 11 is 0. The lowest BCUT2D eigenvalue weighted by atomic mass is 9.80. The molecule has 1 spiro atoms. The van der Waals surface area contributed by atoms with Crippen molar-refractivity contribution < 1.29 is 0 Å². The molecule has 1 atom stereocenters. The van der Waals surface area contributed by atoms with Crippen LogP contribution in [0.4, 0.5) is 5.95 Å². The largest absolute Gasteiger partial charge is 0.381 e. The van der Waals surface area contributed by atoms with Crippen molar-refractivity contribution in [3.63, 3.8) is 0 Å². The van der Waals surface area contributed by atoms with Gasteiger partial charge in [-0.1, -0.05) is 25.8 Å². The summed E-state index contributed by atoms with van der Waals surface area (Å²) in [6, 6.07) is 2.80. The molecule has 2 fully saturated rings. The van der Waals surface area contributed by atoms with Crippen LogP contribution in [0.2, 0.25) is 0 Å². The molecular weight excluding hydrogens is 448 g/mol. The van der Waals surface area contributed by atoms with Crippen molar-refractivity contribution in [1.82, 2.24) is 29.7 Å². The number of aliphatic imine (C=N–C) groups is 1. The predicted octanol–water partition coefficient (Wildman–Crippen LogP) is 4.18. The summed E-state index contributed by atoms with van der Waals surface area (Å²) in [4.78, 5) is 19.6. The van der Waals surface area contributed by atoms with Crippen molar-refractivity contribution >= 4 is 28.9 Å². The van der Waals surface area contributed by atoms with Crippen molar-refractivity contribution in [3.8, 4) is 0 Å². The highest BCUT2D eigenvalue weighted by Crippen LogP contribution is 2.42. The van der Waals surface area contributed by atoms with E-state index in [4.69, 9.17) is 9.98 Å². The van der Waals surface area contributed by atoms with Crippen molar-refractivity contribution in [2.75, 3.05) is 38.0 Å². The minimum Gasteiger partial charge on any atom is -0.381 e. The second-order valence-electron chi connectivity index (χ2n) is 11.6. The van der Waals surface area contributed by atoms with Gasteiger partial charge in [0.05, 0.1) is 22.5 Å². The average molecular weight is 489 g/mol. The molecule has 192 valence electrons. The first-order chi connectivity index (χ1) is 17.4. The molecule has 0 radical (unpaired) electrons. The molecule has 1 saturated heterocycles. The molecule has 0 aromatic carbocycles. The summed E-state index contributed by atoms with van der Waals surface area (Å²) in [7, 11) is 0. The minimum atomic E-state index is -0.0413. The second kappa shape index (κ2) is 8.99. The van der Waals surface area contributed by atoms with Crippen molar-refractivity contribution in [3.05, 3.63) is 36.4 Å². The fourth-order valence-corrected chi connectivity index (χ4v) is 6.58. The Morgan fingerprint density at radius 3 is 2.58 bits per heavy atom. The molecule has 8 nitrogen and oxygen atoms in total. The van der Waals surface area contributed by atoms with Gasteiger partial charge in [0.2, 0.25) is 5.95 Å². The van der Waals surface area contributed by atoms with E-state index < -0.39 is 0 Å². The van der Waals surface area contributed by atoms with Crippen molar-refractivity contribution in [2.45, 2.75) is 76.4 Å². The molecule has 2 aromatic rings. The van der Waals surface area contributed by atoms with Crippen LogP contribution in [-0.2, 0) is 5.54 Å². The van der Waals surface area contributed by atoms with Crippen LogP contribution in [0, 0.1) is 0 Å². The maximum atomic E-state index is 5.02.